The van der Waals surface area contributed by atoms with E-state index in [1.807, 2.05) is 37.3 Å². The number of hydrogen-bond donors (Lipinski definition) is 1. The van der Waals surface area contributed by atoms with Crippen LogP contribution in [0.1, 0.15) is 6.92 Å². The molecule has 1 aromatic rings. The first-order chi connectivity index (χ1) is 8.78. The molecule has 2 aliphatic rings. The second-order valence-electron chi connectivity index (χ2n) is 4.03. The third-order valence-electron chi connectivity index (χ3n) is 2.75. The minimum absolute atomic E-state index is 0.0256. The van der Waals surface area contributed by atoms with E-state index in [9.17, 15) is 4.79 Å². The Hall–Kier alpha value is -1.94. The van der Waals surface area contributed by atoms with Gasteiger partial charge in [-0.05, 0) is 25.1 Å². The maximum absolute atomic E-state index is 11.9. The summed E-state index contributed by atoms with van der Waals surface area (Å²) in [6.45, 7) is 2.71. The number of aromatic nitrogens is 1. The van der Waals surface area contributed by atoms with Gasteiger partial charge in [-0.2, -0.15) is 0 Å². The van der Waals surface area contributed by atoms with E-state index in [0.29, 0.717) is 5.69 Å². The smallest absolute Gasteiger partial charge is 0.203 e. The molecule has 3 nitrogen and oxygen atoms in total. The van der Waals surface area contributed by atoms with Crippen LogP contribution in [0.4, 0.5) is 5.69 Å². The van der Waals surface area contributed by atoms with Crippen molar-refractivity contribution in [2.75, 3.05) is 11.9 Å². The summed E-state index contributed by atoms with van der Waals surface area (Å²) in [7, 11) is 0. The topological polar surface area (TPSA) is 42.0 Å². The van der Waals surface area contributed by atoms with Crippen molar-refractivity contribution < 1.29 is 0 Å². The van der Waals surface area contributed by atoms with E-state index in [1.165, 1.54) is 0 Å². The van der Waals surface area contributed by atoms with Crippen LogP contribution in [0.2, 0.25) is 0 Å². The second kappa shape index (κ2) is 4.38. The lowest BCUT2D eigenvalue weighted by molar-refractivity contribution is 1.20. The quantitative estimate of drug-likeness (QED) is 0.716. The standard InChI is InChI=1S/C14H12N2OS/c1-2-15-10-7-11-14(8-12(10)17)18-13-6-4-3-5-9(13)16-11/h3-8,15H,2H2,1H3. The van der Waals surface area contributed by atoms with E-state index in [1.54, 1.807) is 17.4 Å². The molecule has 0 aromatic heterocycles. The fourth-order valence-corrected chi connectivity index (χ4v) is 2.91. The highest BCUT2D eigenvalue weighted by atomic mass is 32.1. The Morgan fingerprint density at radius 2 is 2.11 bits per heavy atom. The van der Waals surface area contributed by atoms with Crippen LogP contribution in [0.3, 0.4) is 0 Å². The van der Waals surface area contributed by atoms with E-state index < -0.39 is 0 Å². The van der Waals surface area contributed by atoms with Crippen LogP contribution >= 0.6 is 11.3 Å². The van der Waals surface area contributed by atoms with Gasteiger partial charge in [-0.3, -0.25) is 4.79 Å². The first kappa shape index (κ1) is 11.2. The van der Waals surface area contributed by atoms with E-state index in [0.717, 1.165) is 27.3 Å². The fraction of sp³-hybridized carbons (Fsp3) is 0.143. The molecule has 0 saturated carbocycles. The van der Waals surface area contributed by atoms with Crippen LogP contribution in [-0.2, 0) is 0 Å². The van der Waals surface area contributed by atoms with Crippen molar-refractivity contribution in [2.24, 2.45) is 0 Å². The Morgan fingerprint density at radius 1 is 1.28 bits per heavy atom. The van der Waals surface area contributed by atoms with Gasteiger partial charge in [0.15, 0.2) is 0 Å². The van der Waals surface area contributed by atoms with Crippen molar-refractivity contribution in [2.45, 2.75) is 6.92 Å². The highest BCUT2D eigenvalue weighted by Crippen LogP contribution is 2.30. The molecule has 18 heavy (non-hydrogen) atoms. The van der Waals surface area contributed by atoms with Gasteiger partial charge in [0.25, 0.3) is 0 Å². The number of anilines is 1. The molecule has 0 atom stereocenters. The van der Waals surface area contributed by atoms with Gasteiger partial charge in [-0.25, -0.2) is 4.98 Å². The van der Waals surface area contributed by atoms with Crippen LogP contribution in [0.5, 0.6) is 0 Å². The van der Waals surface area contributed by atoms with Gasteiger partial charge in [-0.1, -0.05) is 12.1 Å². The maximum atomic E-state index is 11.9. The van der Waals surface area contributed by atoms with Crippen LogP contribution in [0.25, 0.3) is 20.8 Å². The number of benzene rings is 2. The van der Waals surface area contributed by atoms with Gasteiger partial charge in [0, 0.05) is 12.6 Å². The lowest BCUT2D eigenvalue weighted by atomic mass is 10.2. The van der Waals surface area contributed by atoms with Crippen molar-refractivity contribution in [3.8, 4) is 10.6 Å². The molecule has 1 aromatic carbocycles. The predicted molar refractivity (Wildman–Crippen MR) is 76.7 cm³/mol. The normalized spacial score (nSPS) is 10.9. The Labute approximate surface area is 108 Å². The van der Waals surface area contributed by atoms with Crippen molar-refractivity contribution >= 4 is 27.2 Å². The van der Waals surface area contributed by atoms with Gasteiger partial charge in [0.1, 0.15) is 0 Å². The molecule has 4 heteroatoms. The molecule has 0 amide bonds. The summed E-state index contributed by atoms with van der Waals surface area (Å²) in [6.07, 6.45) is 0. The summed E-state index contributed by atoms with van der Waals surface area (Å²) in [5.41, 5.74) is 2.49. The van der Waals surface area contributed by atoms with Gasteiger partial charge in [0.2, 0.25) is 5.43 Å². The second-order valence-corrected chi connectivity index (χ2v) is 5.11. The highest BCUT2D eigenvalue weighted by molar-refractivity contribution is 7.21. The Bertz CT molecular complexity index is 735. The first-order valence-corrected chi connectivity index (χ1v) is 6.67. The van der Waals surface area contributed by atoms with E-state index >= 15 is 0 Å². The van der Waals surface area contributed by atoms with Crippen LogP contribution in [0.15, 0.2) is 41.2 Å². The minimum atomic E-state index is 0.0256. The molecule has 0 saturated heterocycles. The van der Waals surface area contributed by atoms with Gasteiger partial charge >= 0.3 is 0 Å². The lowest BCUT2D eigenvalue weighted by Gasteiger charge is -2.08. The third-order valence-corrected chi connectivity index (χ3v) is 3.87. The van der Waals surface area contributed by atoms with Crippen molar-refractivity contribution in [1.29, 1.82) is 0 Å². The average Bonchev–Trinajstić information content (AvgIpc) is 2.38. The van der Waals surface area contributed by atoms with Crippen molar-refractivity contribution in [3.05, 3.63) is 46.6 Å². The number of para-hydroxylation sites is 1. The van der Waals surface area contributed by atoms with Gasteiger partial charge in [0.05, 0.1) is 26.5 Å². The average molecular weight is 256 g/mol. The van der Waals surface area contributed by atoms with Crippen LogP contribution in [0, 0.1) is 0 Å². The predicted octanol–water partition coefficient (Wildman–Crippen LogP) is 3.19. The molecule has 0 bridgehead atoms. The molecule has 90 valence electrons. The van der Waals surface area contributed by atoms with E-state index in [4.69, 9.17) is 0 Å². The molecule has 1 aliphatic carbocycles. The Balaban J connectivity index is 2.31. The Morgan fingerprint density at radius 3 is 2.94 bits per heavy atom. The zero-order chi connectivity index (χ0) is 12.5. The summed E-state index contributed by atoms with van der Waals surface area (Å²) in [6, 6.07) is 11.5. The van der Waals surface area contributed by atoms with Gasteiger partial charge in [-0.15, -0.1) is 11.3 Å². The molecule has 0 fully saturated rings. The SMILES string of the molecule is CCNc1cc2nc3ccccc3sc-2cc1=O. The zero-order valence-corrected chi connectivity index (χ0v) is 10.8. The molecule has 1 N–H and O–H groups in total. The molecule has 1 heterocycles. The van der Waals surface area contributed by atoms with Crippen LogP contribution < -0.4 is 10.7 Å². The first-order valence-electron chi connectivity index (χ1n) is 5.85. The zero-order valence-electron chi connectivity index (χ0n) is 9.93. The molecule has 1 aliphatic heterocycles. The summed E-state index contributed by atoms with van der Waals surface area (Å²) in [5.74, 6) is 0. The maximum Gasteiger partial charge on any atom is 0.203 e. The number of hydrogen-bond acceptors (Lipinski definition) is 4. The monoisotopic (exact) mass is 256 g/mol. The summed E-state index contributed by atoms with van der Waals surface area (Å²) in [5, 5.41) is 3.07. The number of nitrogens with zero attached hydrogens (tertiary/aromatic N) is 1. The van der Waals surface area contributed by atoms with E-state index in [2.05, 4.69) is 10.3 Å². The number of rotatable bonds is 2. The lowest BCUT2D eigenvalue weighted by Crippen LogP contribution is -2.10. The summed E-state index contributed by atoms with van der Waals surface area (Å²) < 4.78 is 1.10. The molecule has 3 rings (SSSR count). The van der Waals surface area contributed by atoms with Crippen LogP contribution in [-0.4, -0.2) is 11.5 Å². The number of nitrogens with one attached hydrogen (secondary N) is 1. The fourth-order valence-electron chi connectivity index (χ4n) is 1.93. The van der Waals surface area contributed by atoms with Gasteiger partial charge < -0.3 is 5.32 Å². The van der Waals surface area contributed by atoms with Crippen molar-refractivity contribution in [1.82, 2.24) is 4.98 Å². The largest absolute Gasteiger partial charge is 0.382 e. The molecule has 0 radical (unpaired) electrons. The number of fused-ring (bicyclic) bond motifs is 2. The minimum Gasteiger partial charge on any atom is -0.382 e. The summed E-state index contributed by atoms with van der Waals surface area (Å²) in [4.78, 5) is 17.4. The third kappa shape index (κ3) is 1.84. The molecular formula is C14H12N2OS. The summed E-state index contributed by atoms with van der Waals surface area (Å²) >= 11 is 1.60. The molecule has 0 unspecified atom stereocenters. The van der Waals surface area contributed by atoms with E-state index in [-0.39, 0.29) is 5.43 Å². The molecular weight excluding hydrogens is 244 g/mol. The van der Waals surface area contributed by atoms with Crippen molar-refractivity contribution in [3.63, 3.8) is 0 Å². The highest BCUT2D eigenvalue weighted by Gasteiger charge is 2.10. The molecule has 0 spiro atoms. The Kier molecular flexibility index (Phi) is 2.72.